The summed E-state index contributed by atoms with van der Waals surface area (Å²) in [6.45, 7) is 5.35. The molecule has 1 aliphatic rings. The molecule has 1 N–H and O–H groups in total. The van der Waals surface area contributed by atoms with E-state index < -0.39 is 10.8 Å². The third kappa shape index (κ3) is 4.75. The van der Waals surface area contributed by atoms with Crippen LogP contribution in [0.1, 0.15) is 37.7 Å². The van der Waals surface area contributed by atoms with Gasteiger partial charge in [0.15, 0.2) is 0 Å². The average Bonchev–Trinajstić information content (AvgIpc) is 2.88. The Morgan fingerprint density at radius 3 is 2.79 bits per heavy atom. The predicted octanol–water partition coefficient (Wildman–Crippen LogP) is 2.21. The third-order valence-electron chi connectivity index (χ3n) is 3.27. The van der Waals surface area contributed by atoms with Gasteiger partial charge in [0.1, 0.15) is 11.5 Å². The lowest BCUT2D eigenvalue weighted by atomic mass is 10.2. The standard InChI is InChI=1S/C14H23NO3S/c1-2-7-15-10-12-3-4-13(18-12)11-19(16)14-5-8-17-9-6-14/h3-4,14-15H,2,5-11H2,1H3. The van der Waals surface area contributed by atoms with Gasteiger partial charge in [-0.25, -0.2) is 0 Å². The molecule has 1 unspecified atom stereocenters. The Bertz CT molecular complexity index is 399. The monoisotopic (exact) mass is 285 g/mol. The van der Waals surface area contributed by atoms with Crippen molar-refractivity contribution in [2.24, 2.45) is 0 Å². The van der Waals surface area contributed by atoms with E-state index in [0.29, 0.717) is 5.75 Å². The molecule has 0 saturated carbocycles. The quantitative estimate of drug-likeness (QED) is 0.780. The first-order valence-electron chi connectivity index (χ1n) is 7.03. The van der Waals surface area contributed by atoms with E-state index in [1.54, 1.807) is 0 Å². The van der Waals surface area contributed by atoms with Gasteiger partial charge in [0.25, 0.3) is 0 Å². The fourth-order valence-corrected chi connectivity index (χ4v) is 3.57. The molecule has 1 aromatic heterocycles. The van der Waals surface area contributed by atoms with Crippen LogP contribution >= 0.6 is 0 Å². The van der Waals surface area contributed by atoms with E-state index in [1.807, 2.05) is 12.1 Å². The topological polar surface area (TPSA) is 51.5 Å². The van der Waals surface area contributed by atoms with Gasteiger partial charge in [0, 0.05) is 29.3 Å². The molecule has 4 nitrogen and oxygen atoms in total. The number of nitrogens with one attached hydrogen (secondary N) is 1. The second-order valence-corrected chi connectivity index (χ2v) is 6.60. The van der Waals surface area contributed by atoms with Crippen molar-refractivity contribution in [3.8, 4) is 0 Å². The molecular formula is C14H23NO3S. The summed E-state index contributed by atoms with van der Waals surface area (Å²) in [5.41, 5.74) is 0. The second-order valence-electron chi connectivity index (χ2n) is 4.88. The van der Waals surface area contributed by atoms with Crippen molar-refractivity contribution in [1.82, 2.24) is 5.32 Å². The summed E-state index contributed by atoms with van der Waals surface area (Å²) in [7, 11) is -0.846. The Balaban J connectivity index is 1.80. The van der Waals surface area contributed by atoms with Gasteiger partial charge in [-0.15, -0.1) is 0 Å². The molecule has 1 saturated heterocycles. The highest BCUT2D eigenvalue weighted by Gasteiger charge is 2.21. The van der Waals surface area contributed by atoms with Crippen LogP contribution in [-0.2, 0) is 27.8 Å². The Morgan fingerprint density at radius 2 is 2.05 bits per heavy atom. The minimum Gasteiger partial charge on any atom is -0.464 e. The summed E-state index contributed by atoms with van der Waals surface area (Å²) in [5, 5.41) is 3.56. The molecule has 1 aromatic rings. The summed E-state index contributed by atoms with van der Waals surface area (Å²) >= 11 is 0. The lowest BCUT2D eigenvalue weighted by Crippen LogP contribution is -2.25. The third-order valence-corrected chi connectivity index (χ3v) is 5.05. The molecule has 19 heavy (non-hydrogen) atoms. The second kappa shape index (κ2) is 7.82. The van der Waals surface area contributed by atoms with E-state index in [9.17, 15) is 4.21 Å². The molecule has 0 radical (unpaired) electrons. The molecule has 108 valence electrons. The highest BCUT2D eigenvalue weighted by Crippen LogP contribution is 2.18. The largest absolute Gasteiger partial charge is 0.464 e. The van der Waals surface area contributed by atoms with Crippen molar-refractivity contribution in [2.75, 3.05) is 19.8 Å². The smallest absolute Gasteiger partial charge is 0.118 e. The summed E-state index contributed by atoms with van der Waals surface area (Å²) < 4.78 is 23.2. The van der Waals surface area contributed by atoms with Crippen LogP contribution in [0.15, 0.2) is 16.5 Å². The molecule has 0 aliphatic carbocycles. The molecule has 5 heteroatoms. The Labute approximate surface area is 117 Å². The zero-order valence-electron chi connectivity index (χ0n) is 11.5. The lowest BCUT2D eigenvalue weighted by molar-refractivity contribution is 0.0991. The van der Waals surface area contributed by atoms with Gasteiger partial charge < -0.3 is 14.5 Å². The van der Waals surface area contributed by atoms with Crippen molar-refractivity contribution < 1.29 is 13.4 Å². The molecule has 0 aromatic carbocycles. The van der Waals surface area contributed by atoms with E-state index in [1.165, 1.54) is 0 Å². The maximum absolute atomic E-state index is 12.2. The molecule has 1 fully saturated rings. The van der Waals surface area contributed by atoms with E-state index in [4.69, 9.17) is 9.15 Å². The minimum absolute atomic E-state index is 0.264. The van der Waals surface area contributed by atoms with Crippen LogP contribution in [-0.4, -0.2) is 29.2 Å². The zero-order chi connectivity index (χ0) is 13.5. The van der Waals surface area contributed by atoms with Crippen molar-refractivity contribution in [2.45, 2.75) is 43.7 Å². The highest BCUT2D eigenvalue weighted by atomic mass is 32.2. The lowest BCUT2D eigenvalue weighted by Gasteiger charge is -2.20. The Hall–Kier alpha value is -0.650. The van der Waals surface area contributed by atoms with Crippen LogP contribution in [0.2, 0.25) is 0 Å². The SMILES string of the molecule is CCCNCc1ccc(CS(=O)C2CCOCC2)o1. The zero-order valence-corrected chi connectivity index (χ0v) is 12.3. The highest BCUT2D eigenvalue weighted by molar-refractivity contribution is 7.84. The fraction of sp³-hybridized carbons (Fsp3) is 0.714. The van der Waals surface area contributed by atoms with Crippen LogP contribution in [0.4, 0.5) is 0 Å². The average molecular weight is 285 g/mol. The number of hydrogen-bond acceptors (Lipinski definition) is 4. The van der Waals surface area contributed by atoms with Crippen LogP contribution in [0, 0.1) is 0 Å². The van der Waals surface area contributed by atoms with E-state index in [2.05, 4.69) is 12.2 Å². The van der Waals surface area contributed by atoms with E-state index in [0.717, 1.165) is 57.1 Å². The first kappa shape index (κ1) is 14.8. The van der Waals surface area contributed by atoms with Crippen LogP contribution in [0.25, 0.3) is 0 Å². The summed E-state index contributed by atoms with van der Waals surface area (Å²) in [6.07, 6.45) is 2.91. The molecule has 0 amide bonds. The van der Waals surface area contributed by atoms with Gasteiger partial charge in [-0.2, -0.15) is 0 Å². The first-order valence-corrected chi connectivity index (χ1v) is 8.41. The maximum atomic E-state index is 12.2. The molecular weight excluding hydrogens is 262 g/mol. The Kier molecular flexibility index (Phi) is 6.07. The molecule has 1 aliphatic heterocycles. The van der Waals surface area contributed by atoms with Gasteiger partial charge in [0.2, 0.25) is 0 Å². The first-order chi connectivity index (χ1) is 9.29. The van der Waals surface area contributed by atoms with Gasteiger partial charge in [0.05, 0.1) is 12.3 Å². The van der Waals surface area contributed by atoms with Crippen molar-refractivity contribution in [1.29, 1.82) is 0 Å². The molecule has 2 rings (SSSR count). The van der Waals surface area contributed by atoms with Crippen LogP contribution in [0.3, 0.4) is 0 Å². The fourth-order valence-electron chi connectivity index (χ4n) is 2.18. The minimum atomic E-state index is -0.846. The molecule has 1 atom stereocenters. The number of rotatable bonds is 7. The van der Waals surface area contributed by atoms with Gasteiger partial charge in [-0.1, -0.05) is 6.92 Å². The summed E-state index contributed by atoms with van der Waals surface area (Å²) in [6, 6.07) is 3.92. The number of furan rings is 1. The van der Waals surface area contributed by atoms with Crippen molar-refractivity contribution in [3.05, 3.63) is 23.7 Å². The predicted molar refractivity (Wildman–Crippen MR) is 76.4 cm³/mol. The van der Waals surface area contributed by atoms with Crippen LogP contribution < -0.4 is 5.32 Å². The van der Waals surface area contributed by atoms with Crippen LogP contribution in [0.5, 0.6) is 0 Å². The van der Waals surface area contributed by atoms with Gasteiger partial charge >= 0.3 is 0 Å². The molecule has 0 bridgehead atoms. The molecule has 0 spiro atoms. The Morgan fingerprint density at radius 1 is 1.32 bits per heavy atom. The van der Waals surface area contributed by atoms with Crippen molar-refractivity contribution >= 4 is 10.8 Å². The normalized spacial score (nSPS) is 18.6. The number of hydrogen-bond donors (Lipinski definition) is 1. The number of ether oxygens (including phenoxy) is 1. The molecule has 2 heterocycles. The van der Waals surface area contributed by atoms with E-state index in [-0.39, 0.29) is 5.25 Å². The maximum Gasteiger partial charge on any atom is 0.118 e. The van der Waals surface area contributed by atoms with Crippen molar-refractivity contribution in [3.63, 3.8) is 0 Å². The summed E-state index contributed by atoms with van der Waals surface area (Å²) in [4.78, 5) is 0. The van der Waals surface area contributed by atoms with E-state index >= 15 is 0 Å². The van der Waals surface area contributed by atoms with Gasteiger partial charge in [-0.05, 0) is 37.9 Å². The summed E-state index contributed by atoms with van der Waals surface area (Å²) in [5.74, 6) is 2.28. The van der Waals surface area contributed by atoms with Gasteiger partial charge in [-0.3, -0.25) is 4.21 Å².